The van der Waals surface area contributed by atoms with Gasteiger partial charge in [-0.2, -0.15) is 11.3 Å². The molecule has 1 aromatic carbocycles. The summed E-state index contributed by atoms with van der Waals surface area (Å²) in [5.41, 5.74) is 3.04. The van der Waals surface area contributed by atoms with E-state index in [9.17, 15) is 9.00 Å². The van der Waals surface area contributed by atoms with Crippen LogP contribution in [0.1, 0.15) is 5.56 Å². The zero-order valence-electron chi connectivity index (χ0n) is 9.54. The lowest BCUT2D eigenvalue weighted by molar-refractivity contribution is -0.133. The van der Waals surface area contributed by atoms with Crippen LogP contribution < -0.4 is 0 Å². The monoisotopic (exact) mass is 280 g/mol. The number of carboxylic acid groups (broad SMARTS) is 1. The van der Waals surface area contributed by atoms with Crippen LogP contribution >= 0.6 is 11.3 Å². The summed E-state index contributed by atoms with van der Waals surface area (Å²) < 4.78 is 11.7. The Morgan fingerprint density at radius 1 is 1.28 bits per heavy atom. The van der Waals surface area contributed by atoms with E-state index in [0.717, 1.165) is 16.7 Å². The molecular weight excluding hydrogens is 268 g/mol. The minimum Gasteiger partial charge on any atom is -0.481 e. The third-order valence-electron chi connectivity index (χ3n) is 2.45. The SMILES string of the molecule is O=C(O)C[S@](=O)Cc1ccccc1-c1ccsc1. The van der Waals surface area contributed by atoms with Gasteiger partial charge in [0, 0.05) is 16.6 Å². The van der Waals surface area contributed by atoms with Gasteiger partial charge in [0.2, 0.25) is 0 Å². The van der Waals surface area contributed by atoms with E-state index in [4.69, 9.17) is 5.11 Å². The van der Waals surface area contributed by atoms with Crippen LogP contribution in [0.25, 0.3) is 11.1 Å². The largest absolute Gasteiger partial charge is 0.481 e. The molecule has 0 spiro atoms. The first kappa shape index (κ1) is 13.0. The number of thiophene rings is 1. The minimum absolute atomic E-state index is 0.276. The lowest BCUT2D eigenvalue weighted by atomic mass is 10.0. The van der Waals surface area contributed by atoms with Crippen molar-refractivity contribution in [3.05, 3.63) is 46.7 Å². The summed E-state index contributed by atoms with van der Waals surface area (Å²) in [5, 5.41) is 12.6. The average Bonchev–Trinajstić information content (AvgIpc) is 2.81. The molecule has 1 N–H and O–H groups in total. The molecule has 94 valence electrons. The van der Waals surface area contributed by atoms with Gasteiger partial charge in [0.05, 0.1) is 0 Å². The number of carboxylic acids is 1. The first-order valence-corrected chi connectivity index (χ1v) is 7.77. The first-order chi connectivity index (χ1) is 8.66. The maximum atomic E-state index is 11.7. The molecule has 1 atom stereocenters. The molecule has 0 bridgehead atoms. The molecule has 3 nitrogen and oxygen atoms in total. The smallest absolute Gasteiger partial charge is 0.316 e. The number of benzene rings is 1. The van der Waals surface area contributed by atoms with E-state index in [2.05, 4.69) is 0 Å². The molecule has 0 saturated carbocycles. The van der Waals surface area contributed by atoms with E-state index in [1.165, 1.54) is 0 Å². The van der Waals surface area contributed by atoms with Crippen molar-refractivity contribution < 1.29 is 14.1 Å². The zero-order chi connectivity index (χ0) is 13.0. The van der Waals surface area contributed by atoms with Gasteiger partial charge in [0.1, 0.15) is 5.75 Å². The van der Waals surface area contributed by atoms with Gasteiger partial charge in [0.15, 0.2) is 0 Å². The minimum atomic E-state index is -1.37. The maximum absolute atomic E-state index is 11.7. The van der Waals surface area contributed by atoms with Crippen LogP contribution in [0, 0.1) is 0 Å². The van der Waals surface area contributed by atoms with Gasteiger partial charge in [-0.3, -0.25) is 9.00 Å². The molecule has 0 fully saturated rings. The Balaban J connectivity index is 2.23. The second kappa shape index (κ2) is 5.93. The summed E-state index contributed by atoms with van der Waals surface area (Å²) in [6.45, 7) is 0. The molecule has 0 unspecified atom stereocenters. The van der Waals surface area contributed by atoms with Gasteiger partial charge in [-0.25, -0.2) is 0 Å². The Labute approximate surface area is 112 Å². The van der Waals surface area contributed by atoms with Gasteiger partial charge in [-0.1, -0.05) is 24.3 Å². The Morgan fingerprint density at radius 2 is 2.06 bits per heavy atom. The fourth-order valence-corrected chi connectivity index (χ4v) is 3.34. The lowest BCUT2D eigenvalue weighted by Crippen LogP contribution is -2.11. The summed E-state index contributed by atoms with van der Waals surface area (Å²) in [7, 11) is -1.37. The van der Waals surface area contributed by atoms with E-state index in [0.29, 0.717) is 0 Å². The van der Waals surface area contributed by atoms with Gasteiger partial charge in [0.25, 0.3) is 0 Å². The van der Waals surface area contributed by atoms with Gasteiger partial charge in [-0.15, -0.1) is 0 Å². The van der Waals surface area contributed by atoms with Crippen molar-refractivity contribution >= 4 is 28.1 Å². The molecule has 5 heteroatoms. The van der Waals surface area contributed by atoms with Crippen LogP contribution in [0.15, 0.2) is 41.1 Å². The van der Waals surface area contributed by atoms with Crippen LogP contribution in [-0.2, 0) is 21.3 Å². The Kier molecular flexibility index (Phi) is 4.28. The molecule has 2 rings (SSSR count). The van der Waals surface area contributed by atoms with Crippen LogP contribution in [0.5, 0.6) is 0 Å². The predicted molar refractivity (Wildman–Crippen MR) is 74.1 cm³/mol. The molecule has 0 aliphatic rings. The van der Waals surface area contributed by atoms with E-state index in [1.54, 1.807) is 11.3 Å². The molecule has 0 amide bonds. The van der Waals surface area contributed by atoms with Crippen LogP contribution in [0.3, 0.4) is 0 Å². The van der Waals surface area contributed by atoms with Crippen LogP contribution in [0.4, 0.5) is 0 Å². The highest BCUT2D eigenvalue weighted by Crippen LogP contribution is 2.26. The highest BCUT2D eigenvalue weighted by molar-refractivity contribution is 7.84. The number of rotatable bonds is 5. The average molecular weight is 280 g/mol. The number of carbonyl (C=O) groups is 1. The van der Waals surface area contributed by atoms with E-state index in [1.807, 2.05) is 41.1 Å². The van der Waals surface area contributed by atoms with Crippen molar-refractivity contribution in [3.8, 4) is 11.1 Å². The third-order valence-corrected chi connectivity index (χ3v) is 4.34. The van der Waals surface area contributed by atoms with E-state index < -0.39 is 16.8 Å². The number of hydrogen-bond donors (Lipinski definition) is 1. The third kappa shape index (κ3) is 3.27. The molecule has 2 aromatic rings. The van der Waals surface area contributed by atoms with E-state index >= 15 is 0 Å². The van der Waals surface area contributed by atoms with Gasteiger partial charge < -0.3 is 5.11 Å². The number of hydrogen-bond acceptors (Lipinski definition) is 3. The molecule has 0 aliphatic heterocycles. The summed E-state index contributed by atoms with van der Waals surface area (Å²) in [6.07, 6.45) is 0. The summed E-state index contributed by atoms with van der Waals surface area (Å²) in [5.74, 6) is -1.06. The summed E-state index contributed by atoms with van der Waals surface area (Å²) in [4.78, 5) is 10.5. The van der Waals surface area contributed by atoms with Crippen molar-refractivity contribution in [1.29, 1.82) is 0 Å². The predicted octanol–water partition coefficient (Wildman–Crippen LogP) is 2.75. The quantitative estimate of drug-likeness (QED) is 0.916. The van der Waals surface area contributed by atoms with Gasteiger partial charge >= 0.3 is 5.97 Å². The molecule has 0 radical (unpaired) electrons. The molecule has 18 heavy (non-hydrogen) atoms. The van der Waals surface area contributed by atoms with Crippen molar-refractivity contribution in [2.45, 2.75) is 5.75 Å². The maximum Gasteiger partial charge on any atom is 0.316 e. The van der Waals surface area contributed by atoms with Crippen molar-refractivity contribution in [3.63, 3.8) is 0 Å². The van der Waals surface area contributed by atoms with E-state index in [-0.39, 0.29) is 11.5 Å². The van der Waals surface area contributed by atoms with Crippen LogP contribution in [0.2, 0.25) is 0 Å². The zero-order valence-corrected chi connectivity index (χ0v) is 11.2. The summed E-state index contributed by atoms with van der Waals surface area (Å²) in [6, 6.07) is 9.67. The Morgan fingerprint density at radius 3 is 2.72 bits per heavy atom. The normalized spacial score (nSPS) is 12.2. The van der Waals surface area contributed by atoms with Crippen molar-refractivity contribution in [1.82, 2.24) is 0 Å². The van der Waals surface area contributed by atoms with Crippen molar-refractivity contribution in [2.24, 2.45) is 0 Å². The molecular formula is C13H12O3S2. The Hall–Kier alpha value is -1.46. The highest BCUT2D eigenvalue weighted by Gasteiger charge is 2.11. The second-order valence-corrected chi connectivity index (χ2v) is 6.03. The van der Waals surface area contributed by atoms with Crippen molar-refractivity contribution in [2.75, 3.05) is 5.75 Å². The second-order valence-electron chi connectivity index (χ2n) is 3.79. The topological polar surface area (TPSA) is 54.4 Å². The molecule has 0 saturated heterocycles. The molecule has 1 heterocycles. The summed E-state index contributed by atoms with van der Waals surface area (Å²) >= 11 is 1.60. The van der Waals surface area contributed by atoms with Crippen LogP contribution in [-0.4, -0.2) is 21.0 Å². The lowest BCUT2D eigenvalue weighted by Gasteiger charge is -2.07. The molecule has 0 aliphatic carbocycles. The first-order valence-electron chi connectivity index (χ1n) is 5.34. The highest BCUT2D eigenvalue weighted by atomic mass is 32.2. The Bertz CT molecular complexity index is 561. The van der Waals surface area contributed by atoms with Gasteiger partial charge in [-0.05, 0) is 33.5 Å². The standard InChI is InChI=1S/C13H12O3S2/c14-13(15)9-18(16)8-11-3-1-2-4-12(11)10-5-6-17-7-10/h1-7H,8-9H2,(H,14,15)/t18-/m1/s1. The fourth-order valence-electron chi connectivity index (χ4n) is 1.71. The number of aliphatic carboxylic acids is 1. The fraction of sp³-hybridized carbons (Fsp3) is 0.154. The molecule has 1 aromatic heterocycles.